The van der Waals surface area contributed by atoms with E-state index in [0.717, 1.165) is 44.2 Å². The molecular formula is C19H31ClN4O2+2. The van der Waals surface area contributed by atoms with Gasteiger partial charge in [0.15, 0.2) is 6.54 Å². The van der Waals surface area contributed by atoms with E-state index >= 15 is 0 Å². The maximum absolute atomic E-state index is 12.2. The van der Waals surface area contributed by atoms with Crippen molar-refractivity contribution < 1.29 is 19.4 Å². The Balaban J connectivity index is 1.68. The number of nitrogens with one attached hydrogen (secondary N) is 4. The Labute approximate surface area is 160 Å². The van der Waals surface area contributed by atoms with E-state index in [2.05, 4.69) is 22.8 Å². The Morgan fingerprint density at radius 1 is 1.12 bits per heavy atom. The molecule has 1 aliphatic rings. The van der Waals surface area contributed by atoms with Gasteiger partial charge in [-0.05, 0) is 25.5 Å². The van der Waals surface area contributed by atoms with Crippen molar-refractivity contribution in [3.05, 3.63) is 34.9 Å². The minimum Gasteiger partial charge on any atom is -0.354 e. The van der Waals surface area contributed by atoms with E-state index in [-0.39, 0.29) is 11.8 Å². The maximum Gasteiger partial charge on any atom is 0.275 e. The fraction of sp³-hybridized carbons (Fsp3) is 0.579. The quantitative estimate of drug-likeness (QED) is 0.449. The lowest BCUT2D eigenvalue weighted by molar-refractivity contribution is -1.02. The second kappa shape index (κ2) is 10.5. The molecule has 0 saturated carbocycles. The molecule has 6 nitrogen and oxygen atoms in total. The first kappa shape index (κ1) is 20.7. The van der Waals surface area contributed by atoms with Crippen molar-refractivity contribution in [1.29, 1.82) is 0 Å². The van der Waals surface area contributed by atoms with Crippen molar-refractivity contribution in [2.24, 2.45) is 0 Å². The monoisotopic (exact) mass is 382 g/mol. The zero-order chi connectivity index (χ0) is 18.9. The average Bonchev–Trinajstić information content (AvgIpc) is 2.63. The lowest BCUT2D eigenvalue weighted by Gasteiger charge is -2.29. The van der Waals surface area contributed by atoms with Crippen LogP contribution >= 0.6 is 11.6 Å². The van der Waals surface area contributed by atoms with Crippen molar-refractivity contribution in [2.75, 3.05) is 39.3 Å². The number of piperazine rings is 1. The summed E-state index contributed by atoms with van der Waals surface area (Å²) in [7, 11) is 0. The van der Waals surface area contributed by atoms with Crippen LogP contribution in [0.4, 0.5) is 0 Å². The lowest BCUT2D eigenvalue weighted by Crippen LogP contribution is -3.28. The van der Waals surface area contributed by atoms with E-state index in [4.69, 9.17) is 11.6 Å². The highest BCUT2D eigenvalue weighted by atomic mass is 35.5. The van der Waals surface area contributed by atoms with Crippen LogP contribution < -0.4 is 20.4 Å². The molecule has 144 valence electrons. The Morgan fingerprint density at radius 2 is 1.73 bits per heavy atom. The van der Waals surface area contributed by atoms with Gasteiger partial charge in [0.1, 0.15) is 38.8 Å². The Bertz CT molecular complexity index is 586. The zero-order valence-corrected chi connectivity index (χ0v) is 16.5. The summed E-state index contributed by atoms with van der Waals surface area (Å²) in [6, 6.07) is 7.53. The Morgan fingerprint density at radius 3 is 2.35 bits per heavy atom. The minimum atomic E-state index is -0.481. The first-order valence-electron chi connectivity index (χ1n) is 9.46. The van der Waals surface area contributed by atoms with Crippen LogP contribution in [-0.4, -0.2) is 57.1 Å². The molecule has 0 aromatic heterocycles. The molecule has 0 spiro atoms. The van der Waals surface area contributed by atoms with Gasteiger partial charge in [-0.1, -0.05) is 30.7 Å². The average molecular weight is 383 g/mol. The molecule has 26 heavy (non-hydrogen) atoms. The molecule has 0 radical (unpaired) electrons. The second-order valence-electron chi connectivity index (χ2n) is 7.06. The standard InChI is InChI=1S/C19H29ClN4O2/c1-3-8-21-19(26)15(2)22-18(25)14-24-11-9-23(10-12-24)13-16-4-6-17(20)7-5-16/h4-7,15H,3,8-14H2,1-2H3,(H,21,26)(H,22,25)/p+2/t15-/m0/s1. The molecule has 1 fully saturated rings. The van der Waals surface area contributed by atoms with E-state index in [1.165, 1.54) is 15.4 Å². The predicted molar refractivity (Wildman–Crippen MR) is 102 cm³/mol. The van der Waals surface area contributed by atoms with Crippen LogP contribution in [-0.2, 0) is 16.1 Å². The SMILES string of the molecule is CCCNC(=O)[C@H](C)NC(=O)C[NH+]1CC[NH+](Cc2ccc(Cl)cc2)CC1. The van der Waals surface area contributed by atoms with Crippen LogP contribution in [0.3, 0.4) is 0 Å². The molecule has 1 atom stereocenters. The largest absolute Gasteiger partial charge is 0.354 e. The molecule has 1 aromatic rings. The minimum absolute atomic E-state index is 0.0553. The number of halogens is 1. The molecule has 0 bridgehead atoms. The molecular weight excluding hydrogens is 352 g/mol. The zero-order valence-electron chi connectivity index (χ0n) is 15.7. The summed E-state index contributed by atoms with van der Waals surface area (Å²) in [5, 5.41) is 6.37. The number of quaternary nitrogens is 2. The lowest BCUT2D eigenvalue weighted by atomic mass is 10.2. The van der Waals surface area contributed by atoms with E-state index in [1.54, 1.807) is 6.92 Å². The molecule has 2 amide bonds. The van der Waals surface area contributed by atoms with Crippen LogP contribution in [0.25, 0.3) is 0 Å². The van der Waals surface area contributed by atoms with Crippen molar-refractivity contribution in [3.63, 3.8) is 0 Å². The Kier molecular flexibility index (Phi) is 8.35. The molecule has 2 rings (SSSR count). The van der Waals surface area contributed by atoms with Gasteiger partial charge < -0.3 is 20.4 Å². The van der Waals surface area contributed by atoms with E-state index in [0.29, 0.717) is 13.1 Å². The van der Waals surface area contributed by atoms with Crippen LogP contribution in [0.5, 0.6) is 0 Å². The fourth-order valence-electron chi connectivity index (χ4n) is 3.19. The smallest absolute Gasteiger partial charge is 0.275 e. The van der Waals surface area contributed by atoms with E-state index in [1.807, 2.05) is 19.1 Å². The van der Waals surface area contributed by atoms with Crippen LogP contribution in [0.2, 0.25) is 5.02 Å². The number of carbonyl (C=O) groups excluding carboxylic acids is 2. The van der Waals surface area contributed by atoms with Crippen molar-refractivity contribution in [1.82, 2.24) is 10.6 Å². The highest BCUT2D eigenvalue weighted by Crippen LogP contribution is 2.08. The van der Waals surface area contributed by atoms with Crippen LogP contribution in [0, 0.1) is 0 Å². The topological polar surface area (TPSA) is 67.1 Å². The fourth-order valence-corrected chi connectivity index (χ4v) is 3.31. The van der Waals surface area contributed by atoms with E-state index in [9.17, 15) is 9.59 Å². The molecule has 1 aliphatic heterocycles. The third kappa shape index (κ3) is 6.94. The third-order valence-corrected chi connectivity index (χ3v) is 5.01. The number of benzene rings is 1. The van der Waals surface area contributed by atoms with Gasteiger partial charge in [-0.15, -0.1) is 0 Å². The van der Waals surface area contributed by atoms with Gasteiger partial charge in [0.25, 0.3) is 5.91 Å². The second-order valence-corrected chi connectivity index (χ2v) is 7.50. The normalized spacial score (nSPS) is 21.0. The number of carbonyl (C=O) groups is 2. The van der Waals surface area contributed by atoms with Gasteiger partial charge in [-0.3, -0.25) is 9.59 Å². The van der Waals surface area contributed by atoms with Gasteiger partial charge in [-0.25, -0.2) is 0 Å². The van der Waals surface area contributed by atoms with Gasteiger partial charge in [0.05, 0.1) is 0 Å². The molecule has 4 N–H and O–H groups in total. The van der Waals surface area contributed by atoms with Crippen LogP contribution in [0.1, 0.15) is 25.8 Å². The first-order valence-corrected chi connectivity index (χ1v) is 9.84. The van der Waals surface area contributed by atoms with Gasteiger partial charge in [-0.2, -0.15) is 0 Å². The number of amides is 2. The summed E-state index contributed by atoms with van der Waals surface area (Å²) < 4.78 is 0. The summed E-state index contributed by atoms with van der Waals surface area (Å²) in [6.45, 7) is 9.80. The highest BCUT2D eigenvalue weighted by Gasteiger charge is 2.26. The van der Waals surface area contributed by atoms with Crippen LogP contribution in [0.15, 0.2) is 24.3 Å². The summed E-state index contributed by atoms with van der Waals surface area (Å²) in [4.78, 5) is 26.8. The molecule has 0 aliphatic carbocycles. The summed E-state index contributed by atoms with van der Waals surface area (Å²) in [5.74, 6) is -0.173. The summed E-state index contributed by atoms with van der Waals surface area (Å²) in [5.41, 5.74) is 1.29. The number of hydrogen-bond acceptors (Lipinski definition) is 2. The van der Waals surface area contributed by atoms with Crippen molar-refractivity contribution in [3.8, 4) is 0 Å². The summed E-state index contributed by atoms with van der Waals surface area (Å²) >= 11 is 5.93. The number of hydrogen-bond donors (Lipinski definition) is 4. The highest BCUT2D eigenvalue weighted by molar-refractivity contribution is 6.30. The first-order chi connectivity index (χ1) is 12.5. The van der Waals surface area contributed by atoms with Gasteiger partial charge >= 0.3 is 0 Å². The maximum atomic E-state index is 12.2. The molecule has 1 heterocycles. The van der Waals surface area contributed by atoms with Crippen molar-refractivity contribution >= 4 is 23.4 Å². The Hall–Kier alpha value is -1.63. The predicted octanol–water partition coefficient (Wildman–Crippen LogP) is -1.35. The molecule has 1 aromatic carbocycles. The van der Waals surface area contributed by atoms with E-state index < -0.39 is 6.04 Å². The number of rotatable bonds is 8. The van der Waals surface area contributed by atoms with Crippen molar-refractivity contribution in [2.45, 2.75) is 32.9 Å². The van der Waals surface area contributed by atoms with Gasteiger partial charge in [0.2, 0.25) is 5.91 Å². The molecule has 1 saturated heterocycles. The summed E-state index contributed by atoms with van der Waals surface area (Å²) in [6.07, 6.45) is 0.888. The van der Waals surface area contributed by atoms with Gasteiger partial charge in [0, 0.05) is 17.1 Å². The molecule has 7 heteroatoms. The molecule has 0 unspecified atom stereocenters. The third-order valence-electron chi connectivity index (χ3n) is 4.76.